The molecular formula is C27H41N3O4S. The Bertz CT molecular complexity index is 920. The van der Waals surface area contributed by atoms with E-state index in [9.17, 15) is 19.5 Å². The Kier molecular flexibility index (Phi) is 7.45. The van der Waals surface area contributed by atoms with Gasteiger partial charge in [-0.1, -0.05) is 58.4 Å². The average molecular weight is 504 g/mol. The minimum Gasteiger partial charge on any atom is -0.394 e. The SMILES string of the molecule is CCCCN1CC=C[C@]23S[C@@]4(C)C=CCN(CCC)C(=O)[C@H]4[C@H]2C(=O)N([C@@H](CO)C(C)C)C3C1=O. The fourth-order valence-corrected chi connectivity index (χ4v) is 8.70. The number of rotatable bonds is 8. The van der Waals surface area contributed by atoms with Gasteiger partial charge in [-0.2, -0.15) is 0 Å². The maximum Gasteiger partial charge on any atom is 0.247 e. The molecule has 0 aliphatic carbocycles. The van der Waals surface area contributed by atoms with Crippen molar-refractivity contribution in [2.45, 2.75) is 75.5 Å². The molecule has 0 aromatic carbocycles. The van der Waals surface area contributed by atoms with E-state index in [1.54, 1.807) is 16.7 Å². The number of hydrogen-bond acceptors (Lipinski definition) is 5. The number of thioether (sulfide) groups is 1. The lowest BCUT2D eigenvalue weighted by Crippen LogP contribution is -2.58. The third-order valence-electron chi connectivity index (χ3n) is 8.25. The molecule has 3 amide bonds. The van der Waals surface area contributed by atoms with E-state index < -0.39 is 33.4 Å². The van der Waals surface area contributed by atoms with Crippen LogP contribution in [0.15, 0.2) is 24.3 Å². The summed E-state index contributed by atoms with van der Waals surface area (Å²) in [5.74, 6) is -1.45. The molecule has 2 fully saturated rings. The number of unbranched alkanes of at least 4 members (excludes halogenated alkanes) is 1. The summed E-state index contributed by atoms with van der Waals surface area (Å²) < 4.78 is -1.42. The van der Waals surface area contributed by atoms with Crippen molar-refractivity contribution in [2.24, 2.45) is 17.8 Å². The predicted octanol–water partition coefficient (Wildman–Crippen LogP) is 2.70. The highest BCUT2D eigenvalue weighted by Crippen LogP contribution is 2.66. The highest BCUT2D eigenvalue weighted by molar-refractivity contribution is 8.02. The zero-order chi connectivity index (χ0) is 25.5. The van der Waals surface area contributed by atoms with Crippen molar-refractivity contribution in [2.75, 3.05) is 32.8 Å². The number of fused-ring (bicyclic) bond motifs is 2. The van der Waals surface area contributed by atoms with E-state index >= 15 is 0 Å². The number of likely N-dealkylation sites (tertiary alicyclic amines) is 1. The van der Waals surface area contributed by atoms with Gasteiger partial charge in [0.25, 0.3) is 0 Å². The van der Waals surface area contributed by atoms with Crippen molar-refractivity contribution in [1.82, 2.24) is 14.7 Å². The van der Waals surface area contributed by atoms with Crippen molar-refractivity contribution in [1.29, 1.82) is 0 Å². The number of carbonyl (C=O) groups is 3. The quantitative estimate of drug-likeness (QED) is 0.515. The Morgan fingerprint density at radius 2 is 1.63 bits per heavy atom. The number of nitrogens with zero attached hydrogens (tertiary/aromatic N) is 3. The lowest BCUT2D eigenvalue weighted by Gasteiger charge is -2.41. The maximum atomic E-state index is 14.4. The van der Waals surface area contributed by atoms with Crippen LogP contribution in [-0.4, -0.2) is 91.9 Å². The molecule has 6 atom stereocenters. The molecule has 8 heteroatoms. The van der Waals surface area contributed by atoms with Gasteiger partial charge in [0, 0.05) is 30.9 Å². The molecule has 35 heavy (non-hydrogen) atoms. The van der Waals surface area contributed by atoms with Crippen molar-refractivity contribution < 1.29 is 19.5 Å². The first-order valence-corrected chi connectivity index (χ1v) is 14.0. The molecule has 0 aromatic rings. The summed E-state index contributed by atoms with van der Waals surface area (Å²) in [6.07, 6.45) is 11.0. The molecule has 1 N–H and O–H groups in total. The van der Waals surface area contributed by atoms with Crippen molar-refractivity contribution >= 4 is 29.5 Å². The van der Waals surface area contributed by atoms with Gasteiger partial charge in [0.2, 0.25) is 17.7 Å². The van der Waals surface area contributed by atoms with E-state index in [2.05, 4.69) is 39.0 Å². The van der Waals surface area contributed by atoms with Crippen molar-refractivity contribution in [3.8, 4) is 0 Å². The monoisotopic (exact) mass is 503 g/mol. The zero-order valence-electron chi connectivity index (χ0n) is 21.8. The smallest absolute Gasteiger partial charge is 0.247 e. The molecule has 2 saturated heterocycles. The highest BCUT2D eigenvalue weighted by atomic mass is 32.2. The van der Waals surface area contributed by atoms with Crippen LogP contribution in [-0.2, 0) is 14.4 Å². The second kappa shape index (κ2) is 9.92. The summed E-state index contributed by atoms with van der Waals surface area (Å²) in [5, 5.41) is 10.4. The first-order chi connectivity index (χ1) is 16.7. The van der Waals surface area contributed by atoms with Crippen LogP contribution in [0.2, 0.25) is 0 Å². The van der Waals surface area contributed by atoms with Crippen LogP contribution in [0.1, 0.15) is 53.9 Å². The summed E-state index contributed by atoms with van der Waals surface area (Å²) in [7, 11) is 0. The largest absolute Gasteiger partial charge is 0.394 e. The number of aliphatic hydroxyl groups excluding tert-OH is 1. The Hall–Kier alpha value is -1.80. The molecule has 0 aromatic heterocycles. The fraction of sp³-hybridized carbons (Fsp3) is 0.741. The van der Waals surface area contributed by atoms with Gasteiger partial charge >= 0.3 is 0 Å². The third-order valence-corrected chi connectivity index (χ3v) is 10.0. The van der Waals surface area contributed by atoms with Crippen LogP contribution in [0.3, 0.4) is 0 Å². The molecule has 4 rings (SSSR count). The standard InChI is InChI=1S/C27H41N3O4S/c1-6-8-14-29-16-10-12-27-21(24(33)30(22(27)25(29)34)19(17-31)18(3)4)20-23(32)28(13-7-2)15-9-11-26(20,5)35-27/h9-12,18-22,31H,6-8,13-17H2,1-5H3/t19-,20+,21-,22?,26-,27-/m0/s1. The van der Waals surface area contributed by atoms with Gasteiger partial charge in [-0.15, -0.1) is 11.8 Å². The van der Waals surface area contributed by atoms with Crippen LogP contribution in [0, 0.1) is 17.8 Å². The second-order valence-electron chi connectivity index (χ2n) is 11.0. The summed E-state index contributed by atoms with van der Waals surface area (Å²) in [4.78, 5) is 47.9. The van der Waals surface area contributed by atoms with Crippen LogP contribution in [0.4, 0.5) is 0 Å². The van der Waals surface area contributed by atoms with Crippen molar-refractivity contribution in [3.63, 3.8) is 0 Å². The van der Waals surface area contributed by atoms with Gasteiger partial charge < -0.3 is 19.8 Å². The van der Waals surface area contributed by atoms with E-state index in [-0.39, 0.29) is 30.2 Å². The third kappa shape index (κ3) is 4.05. The van der Waals surface area contributed by atoms with Gasteiger partial charge in [-0.3, -0.25) is 14.4 Å². The van der Waals surface area contributed by atoms with Gasteiger partial charge in [0.05, 0.1) is 29.2 Å². The molecule has 194 valence electrons. The summed E-state index contributed by atoms with van der Waals surface area (Å²) >= 11 is 1.61. The van der Waals surface area contributed by atoms with Gasteiger partial charge in [0.15, 0.2) is 0 Å². The van der Waals surface area contributed by atoms with E-state index in [4.69, 9.17) is 0 Å². The van der Waals surface area contributed by atoms with E-state index in [1.807, 2.05) is 29.7 Å². The molecule has 4 aliphatic rings. The molecular weight excluding hydrogens is 462 g/mol. The minimum atomic E-state index is -0.841. The Morgan fingerprint density at radius 1 is 0.971 bits per heavy atom. The molecule has 0 bridgehead atoms. The molecule has 7 nitrogen and oxygen atoms in total. The topological polar surface area (TPSA) is 81.2 Å². The predicted molar refractivity (Wildman–Crippen MR) is 139 cm³/mol. The number of hydrogen-bond donors (Lipinski definition) is 1. The van der Waals surface area contributed by atoms with Crippen LogP contribution < -0.4 is 0 Å². The number of aliphatic hydroxyl groups is 1. The van der Waals surface area contributed by atoms with Gasteiger partial charge in [-0.05, 0) is 25.7 Å². The first kappa shape index (κ1) is 26.3. The van der Waals surface area contributed by atoms with Crippen molar-refractivity contribution in [3.05, 3.63) is 24.3 Å². The van der Waals surface area contributed by atoms with Crippen LogP contribution >= 0.6 is 11.8 Å². The molecule has 4 aliphatic heterocycles. The minimum absolute atomic E-state index is 0.000653. The second-order valence-corrected chi connectivity index (χ2v) is 12.8. The number of carbonyl (C=O) groups excluding carboxylic acids is 3. The molecule has 1 unspecified atom stereocenters. The highest BCUT2D eigenvalue weighted by Gasteiger charge is 2.74. The molecule has 4 heterocycles. The fourth-order valence-electron chi connectivity index (χ4n) is 6.56. The average Bonchev–Trinajstić information content (AvgIpc) is 3.08. The Labute approximate surface area is 214 Å². The molecule has 0 radical (unpaired) electrons. The molecule has 1 spiro atoms. The number of amides is 3. The Morgan fingerprint density at radius 3 is 2.23 bits per heavy atom. The maximum absolute atomic E-state index is 14.4. The first-order valence-electron chi connectivity index (χ1n) is 13.2. The van der Waals surface area contributed by atoms with Gasteiger partial charge in [0.1, 0.15) is 6.04 Å². The summed E-state index contributed by atoms with van der Waals surface area (Å²) in [6, 6.07) is -1.21. The lowest BCUT2D eigenvalue weighted by molar-refractivity contribution is -0.148. The Balaban J connectivity index is 1.87. The van der Waals surface area contributed by atoms with Crippen LogP contribution in [0.25, 0.3) is 0 Å². The lowest BCUT2D eigenvalue weighted by atomic mass is 9.74. The zero-order valence-corrected chi connectivity index (χ0v) is 22.6. The normalized spacial score (nSPS) is 35.3. The molecule has 0 saturated carbocycles. The van der Waals surface area contributed by atoms with Gasteiger partial charge in [-0.25, -0.2) is 0 Å². The van der Waals surface area contributed by atoms with Crippen LogP contribution in [0.5, 0.6) is 0 Å². The van der Waals surface area contributed by atoms with E-state index in [1.165, 1.54) is 0 Å². The summed E-state index contributed by atoms with van der Waals surface area (Å²) in [5.41, 5.74) is 0. The van der Waals surface area contributed by atoms with E-state index in [0.29, 0.717) is 26.2 Å². The summed E-state index contributed by atoms with van der Waals surface area (Å²) in [6.45, 7) is 12.3. The van der Waals surface area contributed by atoms with E-state index in [0.717, 1.165) is 19.3 Å².